The molecular formula is C12H17ClO2S. The van der Waals surface area contributed by atoms with Gasteiger partial charge >= 0.3 is 0 Å². The zero-order valence-electron chi connectivity index (χ0n) is 9.27. The van der Waals surface area contributed by atoms with Crippen LogP contribution in [0, 0.1) is 0 Å². The Bertz CT molecular complexity index is 320. The summed E-state index contributed by atoms with van der Waals surface area (Å²) in [4.78, 5) is 1.11. The monoisotopic (exact) mass is 260 g/mol. The lowest BCUT2D eigenvalue weighted by molar-refractivity contribution is 0.0169. The topological polar surface area (TPSA) is 40.5 Å². The molecule has 0 aliphatic rings. The van der Waals surface area contributed by atoms with Gasteiger partial charge in [0.1, 0.15) is 6.10 Å². The minimum Gasteiger partial charge on any atom is -0.390 e. The molecule has 2 nitrogen and oxygen atoms in total. The maximum Gasteiger partial charge on any atom is 0.105 e. The molecule has 0 aromatic heterocycles. The van der Waals surface area contributed by atoms with Gasteiger partial charge in [-0.15, -0.1) is 23.4 Å². The Morgan fingerprint density at radius 3 is 2.75 bits per heavy atom. The van der Waals surface area contributed by atoms with Crippen LogP contribution >= 0.6 is 23.4 Å². The van der Waals surface area contributed by atoms with Crippen LogP contribution in [0.5, 0.6) is 0 Å². The second-order valence-corrected chi connectivity index (χ2v) is 5.21. The molecule has 0 saturated heterocycles. The zero-order chi connectivity index (χ0) is 12.0. The minimum atomic E-state index is -0.851. The van der Waals surface area contributed by atoms with Crippen molar-refractivity contribution in [2.45, 2.75) is 30.4 Å². The molecule has 0 aliphatic carbocycles. The number of aliphatic hydroxyl groups excluding tert-OH is 2. The molecule has 90 valence electrons. The zero-order valence-corrected chi connectivity index (χ0v) is 10.8. The number of thioether (sulfide) groups is 1. The first kappa shape index (κ1) is 13.8. The SMILES string of the molecule is CCSc1cccc(C(O)C(O)CCCl)c1. The first-order valence-electron chi connectivity index (χ1n) is 5.34. The summed E-state index contributed by atoms with van der Waals surface area (Å²) in [5, 5.41) is 19.5. The molecule has 2 atom stereocenters. The third-order valence-corrected chi connectivity index (χ3v) is 3.37. The molecule has 4 heteroatoms. The van der Waals surface area contributed by atoms with Gasteiger partial charge in [0.05, 0.1) is 6.10 Å². The van der Waals surface area contributed by atoms with E-state index in [-0.39, 0.29) is 0 Å². The van der Waals surface area contributed by atoms with E-state index >= 15 is 0 Å². The molecule has 1 rings (SSSR count). The van der Waals surface area contributed by atoms with Gasteiger partial charge in [-0.1, -0.05) is 19.1 Å². The fraction of sp³-hybridized carbons (Fsp3) is 0.500. The lowest BCUT2D eigenvalue weighted by Crippen LogP contribution is -2.18. The summed E-state index contributed by atoms with van der Waals surface area (Å²) in [6.07, 6.45) is -1.25. The summed E-state index contributed by atoms with van der Waals surface area (Å²) >= 11 is 7.25. The van der Waals surface area contributed by atoms with Gasteiger partial charge in [-0.05, 0) is 29.9 Å². The Hall–Kier alpha value is -0.220. The van der Waals surface area contributed by atoms with E-state index in [2.05, 4.69) is 6.92 Å². The van der Waals surface area contributed by atoms with Crippen molar-refractivity contribution < 1.29 is 10.2 Å². The number of rotatable bonds is 6. The van der Waals surface area contributed by atoms with Gasteiger partial charge in [0, 0.05) is 10.8 Å². The second-order valence-electron chi connectivity index (χ2n) is 3.50. The summed E-state index contributed by atoms with van der Waals surface area (Å²) in [5.41, 5.74) is 0.746. The highest BCUT2D eigenvalue weighted by Gasteiger charge is 2.17. The average molecular weight is 261 g/mol. The van der Waals surface area contributed by atoms with Crippen molar-refractivity contribution in [1.82, 2.24) is 0 Å². The van der Waals surface area contributed by atoms with Crippen LogP contribution in [0.4, 0.5) is 0 Å². The second kappa shape index (κ2) is 7.17. The lowest BCUT2D eigenvalue weighted by atomic mass is 10.0. The summed E-state index contributed by atoms with van der Waals surface area (Å²) < 4.78 is 0. The van der Waals surface area contributed by atoms with Gasteiger partial charge in [0.2, 0.25) is 0 Å². The van der Waals surface area contributed by atoms with E-state index in [1.807, 2.05) is 24.3 Å². The van der Waals surface area contributed by atoms with Gasteiger partial charge in [-0.2, -0.15) is 0 Å². The van der Waals surface area contributed by atoms with Crippen LogP contribution in [0.3, 0.4) is 0 Å². The molecule has 1 aromatic carbocycles. The van der Waals surface area contributed by atoms with Crippen molar-refractivity contribution in [3.05, 3.63) is 29.8 Å². The maximum absolute atomic E-state index is 9.89. The van der Waals surface area contributed by atoms with Crippen LogP contribution in [-0.4, -0.2) is 27.9 Å². The summed E-state index contributed by atoms with van der Waals surface area (Å²) in [7, 11) is 0. The van der Waals surface area contributed by atoms with E-state index in [1.54, 1.807) is 11.8 Å². The van der Waals surface area contributed by atoms with Crippen LogP contribution < -0.4 is 0 Å². The Morgan fingerprint density at radius 1 is 1.38 bits per heavy atom. The van der Waals surface area contributed by atoms with E-state index in [1.165, 1.54) is 0 Å². The summed E-state index contributed by atoms with van der Waals surface area (Å²) in [6, 6.07) is 7.63. The number of alkyl halides is 1. The Labute approximate surface area is 106 Å². The van der Waals surface area contributed by atoms with Crippen molar-refractivity contribution in [3.8, 4) is 0 Å². The predicted molar refractivity (Wildman–Crippen MR) is 69.1 cm³/mol. The lowest BCUT2D eigenvalue weighted by Gasteiger charge is -2.17. The van der Waals surface area contributed by atoms with E-state index in [0.717, 1.165) is 16.2 Å². The van der Waals surface area contributed by atoms with Gasteiger partial charge in [0.15, 0.2) is 0 Å². The number of hydrogen-bond acceptors (Lipinski definition) is 3. The van der Waals surface area contributed by atoms with Crippen molar-refractivity contribution in [2.24, 2.45) is 0 Å². The predicted octanol–water partition coefficient (Wildman–Crippen LogP) is 2.82. The average Bonchev–Trinajstić information content (AvgIpc) is 2.29. The summed E-state index contributed by atoms with van der Waals surface area (Å²) in [6.45, 7) is 2.08. The molecule has 0 fully saturated rings. The molecule has 2 N–H and O–H groups in total. The van der Waals surface area contributed by atoms with Crippen molar-refractivity contribution in [1.29, 1.82) is 0 Å². The van der Waals surface area contributed by atoms with Gasteiger partial charge in [-0.3, -0.25) is 0 Å². The molecule has 0 amide bonds. The van der Waals surface area contributed by atoms with Crippen molar-refractivity contribution in [3.63, 3.8) is 0 Å². The Balaban J connectivity index is 2.74. The maximum atomic E-state index is 9.89. The third kappa shape index (κ3) is 3.98. The van der Waals surface area contributed by atoms with Gasteiger partial charge in [0.25, 0.3) is 0 Å². The quantitative estimate of drug-likeness (QED) is 0.610. The van der Waals surface area contributed by atoms with Gasteiger partial charge in [-0.25, -0.2) is 0 Å². The van der Waals surface area contributed by atoms with E-state index in [9.17, 15) is 10.2 Å². The molecule has 0 saturated carbocycles. The highest BCUT2D eigenvalue weighted by molar-refractivity contribution is 7.99. The summed E-state index contributed by atoms with van der Waals surface area (Å²) in [5.74, 6) is 1.34. The normalized spacial score (nSPS) is 14.8. The van der Waals surface area contributed by atoms with Crippen LogP contribution in [0.25, 0.3) is 0 Å². The van der Waals surface area contributed by atoms with Crippen LogP contribution in [0.15, 0.2) is 29.2 Å². The highest BCUT2D eigenvalue weighted by Crippen LogP contribution is 2.24. The van der Waals surface area contributed by atoms with Crippen molar-refractivity contribution in [2.75, 3.05) is 11.6 Å². The molecule has 2 unspecified atom stereocenters. The minimum absolute atomic E-state index is 0.349. The molecule has 16 heavy (non-hydrogen) atoms. The van der Waals surface area contributed by atoms with Crippen molar-refractivity contribution >= 4 is 23.4 Å². The molecule has 0 bridgehead atoms. The fourth-order valence-corrected chi connectivity index (χ4v) is 2.40. The third-order valence-electron chi connectivity index (χ3n) is 2.28. The fourth-order valence-electron chi connectivity index (χ4n) is 1.45. The van der Waals surface area contributed by atoms with Crippen LogP contribution in [0.1, 0.15) is 25.0 Å². The van der Waals surface area contributed by atoms with Crippen LogP contribution in [-0.2, 0) is 0 Å². The van der Waals surface area contributed by atoms with E-state index in [4.69, 9.17) is 11.6 Å². The molecular weight excluding hydrogens is 244 g/mol. The molecule has 0 aliphatic heterocycles. The first-order chi connectivity index (χ1) is 7.69. The Kier molecular flexibility index (Phi) is 6.21. The molecule has 0 radical (unpaired) electrons. The molecule has 1 aromatic rings. The highest BCUT2D eigenvalue weighted by atomic mass is 35.5. The molecule has 0 spiro atoms. The van der Waals surface area contributed by atoms with Gasteiger partial charge < -0.3 is 10.2 Å². The van der Waals surface area contributed by atoms with Crippen LogP contribution in [0.2, 0.25) is 0 Å². The van der Waals surface area contributed by atoms with E-state index in [0.29, 0.717) is 12.3 Å². The number of halogens is 1. The Morgan fingerprint density at radius 2 is 2.12 bits per heavy atom. The number of aliphatic hydroxyl groups is 2. The van der Waals surface area contributed by atoms with E-state index < -0.39 is 12.2 Å². The smallest absolute Gasteiger partial charge is 0.105 e. The standard InChI is InChI=1S/C12H17ClO2S/c1-2-16-10-5-3-4-9(8-10)12(15)11(14)6-7-13/h3-5,8,11-12,14-15H,2,6-7H2,1H3. The largest absolute Gasteiger partial charge is 0.390 e. The number of benzene rings is 1. The first-order valence-corrected chi connectivity index (χ1v) is 6.86. The number of hydrogen-bond donors (Lipinski definition) is 2. The molecule has 0 heterocycles.